The molecule has 2 atom stereocenters. The highest BCUT2D eigenvalue weighted by Gasteiger charge is 2.33. The van der Waals surface area contributed by atoms with Gasteiger partial charge in [-0.3, -0.25) is 9.89 Å². The fraction of sp³-hybridized carbons (Fsp3) is 0.400. The van der Waals surface area contributed by atoms with Crippen molar-refractivity contribution in [2.75, 3.05) is 11.5 Å². The van der Waals surface area contributed by atoms with Crippen LogP contribution in [0.5, 0.6) is 5.75 Å². The van der Waals surface area contributed by atoms with Crippen LogP contribution in [0.15, 0.2) is 47.6 Å². The number of carbonyl (C=O) groups is 1. The minimum Gasteiger partial charge on any atom is -0.493 e. The van der Waals surface area contributed by atoms with Crippen LogP contribution in [0.2, 0.25) is 0 Å². The topological polar surface area (TPSA) is 117 Å². The molecular formula is C25H30FN5O4S. The number of rotatable bonds is 8. The highest BCUT2D eigenvalue weighted by atomic mass is 32.2. The zero-order valence-corrected chi connectivity index (χ0v) is 21.5. The first-order chi connectivity index (χ1) is 17.0. The van der Waals surface area contributed by atoms with Crippen molar-refractivity contribution in [1.82, 2.24) is 19.9 Å². The Hall–Kier alpha value is -3.47. The number of hydrogen-bond donors (Lipinski definition) is 2. The summed E-state index contributed by atoms with van der Waals surface area (Å²) >= 11 is 0. The van der Waals surface area contributed by atoms with E-state index < -0.39 is 21.7 Å². The van der Waals surface area contributed by atoms with E-state index in [0.29, 0.717) is 29.4 Å². The Morgan fingerprint density at radius 2 is 1.92 bits per heavy atom. The van der Waals surface area contributed by atoms with Gasteiger partial charge < -0.3 is 9.64 Å². The molecule has 0 aliphatic carbocycles. The average Bonchev–Trinajstić information content (AvgIpc) is 3.47. The maximum atomic E-state index is 14.4. The quantitative estimate of drug-likeness (QED) is 0.463. The van der Waals surface area contributed by atoms with E-state index >= 15 is 0 Å². The van der Waals surface area contributed by atoms with E-state index in [2.05, 4.69) is 14.9 Å². The van der Waals surface area contributed by atoms with Crippen molar-refractivity contribution in [3.8, 4) is 17.0 Å². The van der Waals surface area contributed by atoms with Crippen LogP contribution >= 0.6 is 0 Å². The van der Waals surface area contributed by atoms with Crippen molar-refractivity contribution >= 4 is 21.7 Å². The molecule has 3 aromatic rings. The molecule has 1 saturated heterocycles. The van der Waals surface area contributed by atoms with Gasteiger partial charge in [0.15, 0.2) is 5.03 Å². The monoisotopic (exact) mass is 515 g/mol. The third kappa shape index (κ3) is 5.51. The molecule has 1 amide bonds. The largest absolute Gasteiger partial charge is 0.493 e. The molecule has 0 bridgehead atoms. The van der Waals surface area contributed by atoms with Crippen LogP contribution in [0, 0.1) is 11.7 Å². The van der Waals surface area contributed by atoms with Crippen LogP contribution in [0.25, 0.3) is 11.3 Å². The lowest BCUT2D eigenvalue weighted by atomic mass is 10.1. The number of anilines is 1. The number of benzene rings is 1. The molecule has 36 heavy (non-hydrogen) atoms. The molecule has 4 rings (SSSR count). The number of amides is 1. The van der Waals surface area contributed by atoms with Gasteiger partial charge in [0.25, 0.3) is 15.9 Å². The zero-order chi connectivity index (χ0) is 26.0. The van der Waals surface area contributed by atoms with Gasteiger partial charge in [0.2, 0.25) is 0 Å². The standard InChI is InChI=1S/C25H30FN5O4S/c1-15(2)14-35-20-12-18(11-19(26)13-20)22-8-7-21(24(28-22)31-16(3)5-6-17(31)4)25(32)30-36(33,34)23-9-10-27-29-23/h7-13,15-17H,5-6,14H2,1-4H3,(H,27,29)(H,30,32)/t16-,17-/m0/s1. The SMILES string of the molecule is CC(C)COc1cc(F)cc(-c2ccc(C(=O)NS(=O)(=O)c3ccn[nH]3)c(N3[C@@H](C)CC[C@@H]3C)n2)c1. The number of pyridine rings is 1. The summed E-state index contributed by atoms with van der Waals surface area (Å²) in [7, 11) is -4.15. The number of sulfonamides is 1. The third-order valence-corrected chi connectivity index (χ3v) is 7.32. The molecule has 0 radical (unpaired) electrons. The van der Waals surface area contributed by atoms with Crippen molar-refractivity contribution in [3.63, 3.8) is 0 Å². The van der Waals surface area contributed by atoms with Gasteiger partial charge in [0.1, 0.15) is 17.4 Å². The Kier molecular flexibility index (Phi) is 7.30. The number of hydrogen-bond acceptors (Lipinski definition) is 7. The molecule has 192 valence electrons. The van der Waals surface area contributed by atoms with Gasteiger partial charge in [0.05, 0.1) is 24.1 Å². The summed E-state index contributed by atoms with van der Waals surface area (Å²) in [6.07, 6.45) is 3.08. The molecule has 2 aromatic heterocycles. The van der Waals surface area contributed by atoms with Gasteiger partial charge in [-0.05, 0) is 62.9 Å². The first-order valence-corrected chi connectivity index (χ1v) is 13.3. The number of nitrogens with zero attached hydrogens (tertiary/aromatic N) is 3. The Bertz CT molecular complexity index is 1330. The van der Waals surface area contributed by atoms with Crippen LogP contribution < -0.4 is 14.4 Å². The van der Waals surface area contributed by atoms with Crippen LogP contribution in [0.1, 0.15) is 50.9 Å². The van der Waals surface area contributed by atoms with Gasteiger partial charge >= 0.3 is 0 Å². The van der Waals surface area contributed by atoms with E-state index in [0.717, 1.165) is 12.8 Å². The minimum absolute atomic E-state index is 0.0796. The van der Waals surface area contributed by atoms with Gasteiger partial charge in [-0.25, -0.2) is 14.1 Å². The van der Waals surface area contributed by atoms with E-state index in [4.69, 9.17) is 9.72 Å². The summed E-state index contributed by atoms with van der Waals surface area (Å²) < 4.78 is 47.5. The fourth-order valence-corrected chi connectivity index (χ4v) is 5.15. The molecule has 0 unspecified atom stereocenters. The van der Waals surface area contributed by atoms with Crippen LogP contribution in [-0.4, -0.2) is 48.2 Å². The summed E-state index contributed by atoms with van der Waals surface area (Å²) in [5.74, 6) is -0.279. The Morgan fingerprint density at radius 1 is 1.19 bits per heavy atom. The predicted molar refractivity (Wildman–Crippen MR) is 134 cm³/mol. The maximum absolute atomic E-state index is 14.4. The number of aromatic nitrogens is 3. The van der Waals surface area contributed by atoms with Crippen molar-refractivity contribution in [2.24, 2.45) is 5.92 Å². The van der Waals surface area contributed by atoms with E-state index in [1.165, 1.54) is 30.5 Å². The number of ether oxygens (including phenoxy) is 1. The third-order valence-electron chi connectivity index (χ3n) is 6.06. The van der Waals surface area contributed by atoms with E-state index in [1.807, 2.05) is 32.6 Å². The second-order valence-electron chi connectivity index (χ2n) is 9.49. The Labute approximate surface area is 210 Å². The number of halogens is 1. The van der Waals surface area contributed by atoms with E-state index in [1.54, 1.807) is 12.1 Å². The van der Waals surface area contributed by atoms with Crippen LogP contribution in [-0.2, 0) is 10.0 Å². The zero-order valence-electron chi connectivity index (χ0n) is 20.7. The Balaban J connectivity index is 1.75. The molecule has 1 aliphatic heterocycles. The second kappa shape index (κ2) is 10.3. The van der Waals surface area contributed by atoms with Crippen molar-refractivity contribution < 1.29 is 22.3 Å². The number of H-pyrrole nitrogens is 1. The molecule has 1 aromatic carbocycles. The molecule has 0 spiro atoms. The summed E-state index contributed by atoms with van der Waals surface area (Å²) in [6.45, 7) is 8.50. The Morgan fingerprint density at radius 3 is 2.56 bits per heavy atom. The summed E-state index contributed by atoms with van der Waals surface area (Å²) in [5.41, 5.74) is 1.04. The average molecular weight is 516 g/mol. The van der Waals surface area contributed by atoms with E-state index in [-0.39, 0.29) is 28.6 Å². The normalized spacial score (nSPS) is 18.0. The molecule has 11 heteroatoms. The molecule has 1 fully saturated rings. The summed E-state index contributed by atoms with van der Waals surface area (Å²) in [5, 5.41) is 5.76. The van der Waals surface area contributed by atoms with Crippen molar-refractivity contribution in [3.05, 3.63) is 54.0 Å². The van der Waals surface area contributed by atoms with Crippen molar-refractivity contribution in [1.29, 1.82) is 0 Å². The van der Waals surface area contributed by atoms with Gasteiger partial charge in [0, 0.05) is 23.7 Å². The van der Waals surface area contributed by atoms with Crippen LogP contribution in [0.4, 0.5) is 10.2 Å². The molecule has 9 nitrogen and oxygen atoms in total. The first kappa shape index (κ1) is 25.6. The number of nitrogens with one attached hydrogen (secondary N) is 2. The highest BCUT2D eigenvalue weighted by Crippen LogP contribution is 2.34. The minimum atomic E-state index is -4.15. The molecule has 0 saturated carbocycles. The summed E-state index contributed by atoms with van der Waals surface area (Å²) in [4.78, 5) is 19.9. The van der Waals surface area contributed by atoms with Gasteiger partial charge in [-0.2, -0.15) is 13.5 Å². The van der Waals surface area contributed by atoms with Crippen LogP contribution in [0.3, 0.4) is 0 Å². The lowest BCUT2D eigenvalue weighted by Gasteiger charge is -2.29. The number of carbonyl (C=O) groups excluding carboxylic acids is 1. The number of aromatic amines is 1. The van der Waals surface area contributed by atoms with Crippen molar-refractivity contribution in [2.45, 2.75) is 57.6 Å². The first-order valence-electron chi connectivity index (χ1n) is 11.8. The predicted octanol–water partition coefficient (Wildman–Crippen LogP) is 4.14. The van der Waals surface area contributed by atoms with E-state index in [9.17, 15) is 17.6 Å². The summed E-state index contributed by atoms with van der Waals surface area (Å²) in [6, 6.07) is 8.89. The highest BCUT2D eigenvalue weighted by molar-refractivity contribution is 7.90. The lowest BCUT2D eigenvalue weighted by Crippen LogP contribution is -2.37. The smallest absolute Gasteiger partial charge is 0.281 e. The molecule has 2 N–H and O–H groups in total. The molecule has 3 heterocycles. The van der Waals surface area contributed by atoms with Gasteiger partial charge in [-0.15, -0.1) is 0 Å². The molecular weight excluding hydrogens is 485 g/mol. The maximum Gasteiger partial charge on any atom is 0.281 e. The fourth-order valence-electron chi connectivity index (χ4n) is 4.28. The second-order valence-corrected chi connectivity index (χ2v) is 11.1. The van der Waals surface area contributed by atoms with Gasteiger partial charge in [-0.1, -0.05) is 13.8 Å². The molecule has 1 aliphatic rings. The lowest BCUT2D eigenvalue weighted by molar-refractivity contribution is 0.0981.